The van der Waals surface area contributed by atoms with E-state index in [1.807, 2.05) is 48.2 Å². The summed E-state index contributed by atoms with van der Waals surface area (Å²) in [6, 6.07) is 13.4. The number of halogens is 1. The van der Waals surface area contributed by atoms with E-state index >= 15 is 0 Å². The van der Waals surface area contributed by atoms with Crippen molar-refractivity contribution in [3.63, 3.8) is 0 Å². The van der Waals surface area contributed by atoms with E-state index in [1.165, 1.54) is 0 Å². The molecule has 2 atom stereocenters. The summed E-state index contributed by atoms with van der Waals surface area (Å²) in [7, 11) is 0. The van der Waals surface area contributed by atoms with Crippen molar-refractivity contribution < 1.29 is 9.53 Å². The second kappa shape index (κ2) is 10.2. The van der Waals surface area contributed by atoms with Crippen molar-refractivity contribution in [2.24, 2.45) is 5.92 Å². The number of rotatable bonds is 6. The number of piperidine rings is 1. The molecule has 4 rings (SSSR count). The molecule has 1 aromatic carbocycles. The number of aromatic nitrogens is 3. The number of hydrogen-bond acceptors (Lipinski definition) is 5. The molecule has 0 radical (unpaired) electrons. The first kappa shape index (κ1) is 21.7. The van der Waals surface area contributed by atoms with Gasteiger partial charge in [0, 0.05) is 53.2 Å². The first-order chi connectivity index (χ1) is 15.2. The molecule has 1 fully saturated rings. The van der Waals surface area contributed by atoms with E-state index < -0.39 is 0 Å². The summed E-state index contributed by atoms with van der Waals surface area (Å²) in [5.74, 6) is 1.50. The van der Waals surface area contributed by atoms with Crippen molar-refractivity contribution in [3.05, 3.63) is 72.2 Å². The largest absolute Gasteiger partial charge is 0.477 e. The lowest BCUT2D eigenvalue weighted by Gasteiger charge is -2.40. The molecule has 1 aliphatic rings. The third-order valence-electron chi connectivity index (χ3n) is 5.63. The van der Waals surface area contributed by atoms with Crippen LogP contribution < -0.4 is 4.74 Å². The van der Waals surface area contributed by atoms with Crippen LogP contribution in [-0.4, -0.2) is 49.4 Å². The number of carbonyl (C=O) groups is 1. The average molecular weight is 528 g/mol. The third kappa shape index (κ3) is 5.03. The Balaban J connectivity index is 1.58. The van der Waals surface area contributed by atoms with Gasteiger partial charge in [0.2, 0.25) is 5.88 Å². The van der Waals surface area contributed by atoms with Crippen LogP contribution in [0, 0.1) is 12.8 Å². The fraction of sp³-hybridized carbons (Fsp3) is 0.333. The fourth-order valence-electron chi connectivity index (χ4n) is 4.04. The maximum Gasteiger partial charge on any atom is 0.254 e. The molecule has 0 bridgehead atoms. The Morgan fingerprint density at radius 3 is 2.68 bits per heavy atom. The zero-order valence-electron chi connectivity index (χ0n) is 17.4. The van der Waals surface area contributed by atoms with Crippen LogP contribution in [0.5, 0.6) is 5.88 Å². The predicted molar refractivity (Wildman–Crippen MR) is 128 cm³/mol. The Kier molecular flexibility index (Phi) is 7.11. The molecule has 3 aromatic rings. The molecule has 2 unspecified atom stereocenters. The smallest absolute Gasteiger partial charge is 0.254 e. The van der Waals surface area contributed by atoms with Crippen molar-refractivity contribution >= 4 is 28.5 Å². The summed E-state index contributed by atoms with van der Waals surface area (Å²) in [5, 5.41) is 0. The summed E-state index contributed by atoms with van der Waals surface area (Å²) in [4.78, 5) is 28.8. The number of ether oxygens (including phenoxy) is 1. The lowest BCUT2D eigenvalue weighted by Crippen LogP contribution is -2.51. The second-order valence-corrected chi connectivity index (χ2v) is 8.60. The van der Waals surface area contributed by atoms with Crippen LogP contribution in [0.1, 0.15) is 28.8 Å². The van der Waals surface area contributed by atoms with E-state index in [0.29, 0.717) is 23.9 Å². The molecular weight excluding hydrogens is 503 g/mol. The number of hydrogen-bond donors (Lipinski definition) is 0. The van der Waals surface area contributed by atoms with Gasteiger partial charge in [0.25, 0.3) is 5.91 Å². The Morgan fingerprint density at radius 1 is 1.13 bits per heavy atom. The highest BCUT2D eigenvalue weighted by molar-refractivity contribution is 14.1. The Labute approximate surface area is 196 Å². The van der Waals surface area contributed by atoms with Crippen molar-refractivity contribution in [1.82, 2.24) is 19.9 Å². The SMILES string of the molecule is Cc1ccc(-c2ncccn2)c(C(=O)N2CCCC(COc3ccccn3)C2CI)c1. The number of carbonyl (C=O) groups excluding carboxylic acids is 1. The summed E-state index contributed by atoms with van der Waals surface area (Å²) in [5.41, 5.74) is 2.48. The van der Waals surface area contributed by atoms with Crippen LogP contribution in [0.15, 0.2) is 61.1 Å². The van der Waals surface area contributed by atoms with Gasteiger partial charge in [-0.2, -0.15) is 0 Å². The monoisotopic (exact) mass is 528 g/mol. The number of nitrogens with zero attached hydrogens (tertiary/aromatic N) is 4. The lowest BCUT2D eigenvalue weighted by molar-refractivity contribution is 0.0466. The maximum atomic E-state index is 13.7. The lowest BCUT2D eigenvalue weighted by atomic mass is 9.89. The van der Waals surface area contributed by atoms with E-state index in [9.17, 15) is 4.79 Å². The Bertz CT molecular complexity index is 1020. The Hall–Kier alpha value is -2.55. The zero-order valence-corrected chi connectivity index (χ0v) is 19.6. The first-order valence-corrected chi connectivity index (χ1v) is 12.0. The zero-order chi connectivity index (χ0) is 21.6. The van der Waals surface area contributed by atoms with Crippen LogP contribution in [0.4, 0.5) is 0 Å². The maximum absolute atomic E-state index is 13.7. The van der Waals surface area contributed by atoms with Crippen molar-refractivity contribution in [2.45, 2.75) is 25.8 Å². The van der Waals surface area contributed by atoms with Gasteiger partial charge >= 0.3 is 0 Å². The highest BCUT2D eigenvalue weighted by Gasteiger charge is 2.35. The van der Waals surface area contributed by atoms with Gasteiger partial charge in [0.1, 0.15) is 0 Å². The minimum atomic E-state index is 0.0374. The fourth-order valence-corrected chi connectivity index (χ4v) is 5.23. The van der Waals surface area contributed by atoms with Crippen molar-refractivity contribution in [3.8, 4) is 17.3 Å². The molecule has 0 spiro atoms. The molecule has 160 valence electrons. The first-order valence-electron chi connectivity index (χ1n) is 10.5. The van der Waals surface area contributed by atoms with E-state index in [1.54, 1.807) is 24.7 Å². The normalized spacial score (nSPS) is 18.6. The molecule has 0 aliphatic carbocycles. The van der Waals surface area contributed by atoms with E-state index in [-0.39, 0.29) is 17.9 Å². The molecule has 6 nitrogen and oxygen atoms in total. The molecule has 2 aromatic heterocycles. The predicted octanol–water partition coefficient (Wildman–Crippen LogP) is 4.58. The Morgan fingerprint density at radius 2 is 1.94 bits per heavy atom. The van der Waals surface area contributed by atoms with E-state index in [2.05, 4.69) is 37.5 Å². The van der Waals surface area contributed by atoms with Crippen LogP contribution >= 0.6 is 22.6 Å². The molecule has 3 heterocycles. The molecule has 7 heteroatoms. The third-order valence-corrected chi connectivity index (χ3v) is 6.54. The molecule has 1 saturated heterocycles. The van der Waals surface area contributed by atoms with E-state index in [0.717, 1.165) is 34.9 Å². The molecule has 31 heavy (non-hydrogen) atoms. The number of likely N-dealkylation sites (tertiary alicyclic amines) is 1. The van der Waals surface area contributed by atoms with E-state index in [4.69, 9.17) is 4.74 Å². The number of aryl methyl sites for hydroxylation is 1. The van der Waals surface area contributed by atoms with Gasteiger partial charge < -0.3 is 9.64 Å². The van der Waals surface area contributed by atoms with Crippen LogP contribution in [-0.2, 0) is 0 Å². The van der Waals surface area contributed by atoms with Gasteiger partial charge in [-0.25, -0.2) is 15.0 Å². The van der Waals surface area contributed by atoms with Crippen molar-refractivity contribution in [2.75, 3.05) is 17.6 Å². The van der Waals surface area contributed by atoms with Gasteiger partial charge in [0.05, 0.1) is 12.2 Å². The quantitative estimate of drug-likeness (QED) is 0.346. The molecule has 0 saturated carbocycles. The molecule has 0 N–H and O–H groups in total. The molecule has 1 amide bonds. The highest BCUT2D eigenvalue weighted by atomic mass is 127. The topological polar surface area (TPSA) is 68.2 Å². The summed E-state index contributed by atoms with van der Waals surface area (Å²) >= 11 is 2.38. The number of pyridine rings is 1. The van der Waals surface area contributed by atoms with Crippen LogP contribution in [0.3, 0.4) is 0 Å². The number of alkyl halides is 1. The van der Waals surface area contributed by atoms with Gasteiger partial charge in [-0.3, -0.25) is 4.79 Å². The van der Waals surface area contributed by atoms with Gasteiger partial charge in [0.15, 0.2) is 5.82 Å². The second-order valence-electron chi connectivity index (χ2n) is 7.72. The minimum absolute atomic E-state index is 0.0374. The summed E-state index contributed by atoms with van der Waals surface area (Å²) in [6.45, 7) is 3.30. The standard InChI is InChI=1S/C24H25IN4O2/c1-17-8-9-19(23-27-11-5-12-28-23)20(14-17)24(30)29-13-4-6-18(21(29)15-25)16-31-22-7-2-3-10-26-22/h2-3,5,7-12,14,18,21H,4,6,13,15-16H2,1H3. The van der Waals surface area contributed by atoms with Gasteiger partial charge in [-0.15, -0.1) is 0 Å². The van der Waals surface area contributed by atoms with Gasteiger partial charge in [-0.1, -0.05) is 46.4 Å². The van der Waals surface area contributed by atoms with Crippen LogP contribution in [0.2, 0.25) is 0 Å². The summed E-state index contributed by atoms with van der Waals surface area (Å²) < 4.78 is 6.80. The summed E-state index contributed by atoms with van der Waals surface area (Å²) in [6.07, 6.45) is 7.13. The number of benzene rings is 1. The minimum Gasteiger partial charge on any atom is -0.477 e. The van der Waals surface area contributed by atoms with Crippen LogP contribution in [0.25, 0.3) is 11.4 Å². The molecular formula is C24H25IN4O2. The number of amides is 1. The van der Waals surface area contributed by atoms with Gasteiger partial charge in [-0.05, 0) is 38.0 Å². The average Bonchev–Trinajstić information content (AvgIpc) is 2.83. The highest BCUT2D eigenvalue weighted by Crippen LogP contribution is 2.30. The van der Waals surface area contributed by atoms with Crippen molar-refractivity contribution in [1.29, 1.82) is 0 Å². The molecule has 1 aliphatic heterocycles.